The molecule has 0 bridgehead atoms. The van der Waals surface area contributed by atoms with Crippen molar-refractivity contribution in [1.29, 1.82) is 0 Å². The minimum atomic E-state index is -2.57. The summed E-state index contributed by atoms with van der Waals surface area (Å²) in [5.41, 5.74) is -2.57. The first kappa shape index (κ1) is 12.0. The Kier molecular flexibility index (Phi) is 3.26. The SMILES string of the molecule is CN(CC(C)([N+](=O)[O-])[N+](=O)[O-])[N+](=O)[O-]. The second-order valence-corrected chi connectivity index (χ2v) is 2.78. The molecule has 80 valence electrons. The lowest BCUT2D eigenvalue weighted by molar-refractivity contribution is -0.804. The molecule has 0 saturated heterocycles. The molecule has 10 heteroatoms. The van der Waals surface area contributed by atoms with Crippen LogP contribution in [-0.2, 0) is 0 Å². The van der Waals surface area contributed by atoms with E-state index in [0.29, 0.717) is 11.9 Å². The lowest BCUT2D eigenvalue weighted by Crippen LogP contribution is -2.52. The highest BCUT2D eigenvalue weighted by atomic mass is 16.7. The Hall–Kier alpha value is -2.00. The Labute approximate surface area is 77.5 Å². The Balaban J connectivity index is 4.79. The van der Waals surface area contributed by atoms with Crippen LogP contribution in [0.5, 0.6) is 0 Å². The van der Waals surface area contributed by atoms with E-state index in [1.54, 1.807) is 0 Å². The number of likely N-dealkylation sites (N-methyl/N-ethyl adjacent to an activating group) is 1. The van der Waals surface area contributed by atoms with Gasteiger partial charge in [0.15, 0.2) is 5.03 Å². The molecule has 14 heavy (non-hydrogen) atoms. The Morgan fingerprint density at radius 1 is 1.14 bits per heavy atom. The van der Waals surface area contributed by atoms with Crippen LogP contribution in [-0.4, -0.2) is 39.1 Å². The van der Waals surface area contributed by atoms with Crippen molar-refractivity contribution in [3.63, 3.8) is 0 Å². The van der Waals surface area contributed by atoms with Gasteiger partial charge in [0.05, 0.1) is 14.0 Å². The van der Waals surface area contributed by atoms with Crippen LogP contribution in [0.25, 0.3) is 0 Å². The van der Waals surface area contributed by atoms with Gasteiger partial charge in [-0.2, -0.15) is 0 Å². The molecule has 0 spiro atoms. The van der Waals surface area contributed by atoms with E-state index in [1.807, 2.05) is 0 Å². The van der Waals surface area contributed by atoms with Crippen LogP contribution in [0.15, 0.2) is 0 Å². The van der Waals surface area contributed by atoms with E-state index in [1.165, 1.54) is 0 Å². The van der Waals surface area contributed by atoms with E-state index in [2.05, 4.69) is 0 Å². The van der Waals surface area contributed by atoms with Gasteiger partial charge in [-0.05, 0) is 0 Å². The summed E-state index contributed by atoms with van der Waals surface area (Å²) in [7, 11) is 0.922. The van der Waals surface area contributed by atoms with E-state index < -0.39 is 27.1 Å². The molecular weight excluding hydrogens is 200 g/mol. The molecule has 0 saturated carbocycles. The molecule has 0 aromatic carbocycles. The molecular formula is C4H8N4O6. The molecule has 0 unspecified atom stereocenters. The topological polar surface area (TPSA) is 133 Å². The maximum atomic E-state index is 10.3. The average Bonchev–Trinajstić information content (AvgIpc) is 2.02. The summed E-state index contributed by atoms with van der Waals surface area (Å²) < 4.78 is 0. The highest BCUT2D eigenvalue weighted by molar-refractivity contribution is 4.61. The molecule has 0 atom stereocenters. The zero-order valence-corrected chi connectivity index (χ0v) is 7.45. The van der Waals surface area contributed by atoms with Crippen LogP contribution in [0.4, 0.5) is 0 Å². The maximum Gasteiger partial charge on any atom is 0.478 e. The lowest BCUT2D eigenvalue weighted by Gasteiger charge is -2.14. The van der Waals surface area contributed by atoms with Gasteiger partial charge in [-0.15, -0.1) is 5.01 Å². The van der Waals surface area contributed by atoms with Crippen LogP contribution in [0.2, 0.25) is 0 Å². The van der Waals surface area contributed by atoms with Crippen molar-refractivity contribution in [2.45, 2.75) is 12.6 Å². The van der Waals surface area contributed by atoms with Gasteiger partial charge in [0.2, 0.25) is 6.54 Å². The van der Waals surface area contributed by atoms with Gasteiger partial charge < -0.3 is 0 Å². The minimum Gasteiger partial charge on any atom is -0.258 e. The second-order valence-electron chi connectivity index (χ2n) is 2.78. The summed E-state index contributed by atoms with van der Waals surface area (Å²) in [6, 6.07) is 0. The molecule has 0 heterocycles. The number of hydrazine groups is 1. The highest BCUT2D eigenvalue weighted by Crippen LogP contribution is 2.11. The van der Waals surface area contributed by atoms with Crippen molar-refractivity contribution in [2.24, 2.45) is 0 Å². The fourth-order valence-corrected chi connectivity index (χ4v) is 0.673. The summed E-state index contributed by atoms with van der Waals surface area (Å²) in [5, 5.41) is 30.1. The van der Waals surface area contributed by atoms with Crippen LogP contribution < -0.4 is 0 Å². The van der Waals surface area contributed by atoms with Crippen molar-refractivity contribution in [3.8, 4) is 0 Å². The maximum absolute atomic E-state index is 10.3. The first-order valence-electron chi connectivity index (χ1n) is 3.36. The van der Waals surface area contributed by atoms with Gasteiger partial charge in [-0.3, -0.25) is 20.2 Å². The zero-order chi connectivity index (χ0) is 11.5. The normalized spacial score (nSPS) is 10.7. The standard InChI is InChI=1S/C4H8N4O6/c1-4(6(9)10,7(11)12)3-5(2)8(13)14/h3H2,1-2H3. The minimum absolute atomic E-state index is 0.297. The Morgan fingerprint density at radius 2 is 1.50 bits per heavy atom. The molecule has 0 amide bonds. The number of nitro groups is 3. The third-order valence-electron chi connectivity index (χ3n) is 1.59. The number of rotatable bonds is 5. The summed E-state index contributed by atoms with van der Waals surface area (Å²) >= 11 is 0. The number of nitrogens with zero attached hydrogens (tertiary/aromatic N) is 4. The van der Waals surface area contributed by atoms with Gasteiger partial charge >= 0.3 is 5.66 Å². The lowest BCUT2D eigenvalue weighted by atomic mass is 10.2. The molecule has 0 rings (SSSR count). The summed E-state index contributed by atoms with van der Waals surface area (Å²) in [4.78, 5) is 28.5. The monoisotopic (exact) mass is 208 g/mol. The third kappa shape index (κ3) is 2.24. The first-order chi connectivity index (χ1) is 6.21. The van der Waals surface area contributed by atoms with Crippen molar-refractivity contribution in [3.05, 3.63) is 30.3 Å². The van der Waals surface area contributed by atoms with E-state index in [-0.39, 0.29) is 0 Å². The molecule has 0 aliphatic heterocycles. The van der Waals surface area contributed by atoms with Crippen LogP contribution in [0, 0.1) is 30.3 Å². The van der Waals surface area contributed by atoms with Crippen LogP contribution >= 0.6 is 0 Å². The molecule has 10 nitrogen and oxygen atoms in total. The predicted molar refractivity (Wildman–Crippen MR) is 42.0 cm³/mol. The zero-order valence-electron chi connectivity index (χ0n) is 7.45. The van der Waals surface area contributed by atoms with Gasteiger partial charge in [-0.25, -0.2) is 10.1 Å². The first-order valence-corrected chi connectivity index (χ1v) is 3.36. The molecule has 0 N–H and O–H groups in total. The molecule has 0 fully saturated rings. The molecule has 0 aromatic rings. The largest absolute Gasteiger partial charge is 0.478 e. The van der Waals surface area contributed by atoms with Gasteiger partial charge in [0, 0.05) is 0 Å². The van der Waals surface area contributed by atoms with Crippen molar-refractivity contribution in [1.82, 2.24) is 5.01 Å². The molecule has 0 aromatic heterocycles. The summed E-state index contributed by atoms with van der Waals surface area (Å²) in [5.74, 6) is 0. The Morgan fingerprint density at radius 3 is 1.71 bits per heavy atom. The fraction of sp³-hybridized carbons (Fsp3) is 1.00. The van der Waals surface area contributed by atoms with Gasteiger partial charge in [-0.1, -0.05) is 0 Å². The molecule has 0 radical (unpaired) electrons. The smallest absolute Gasteiger partial charge is 0.258 e. The third-order valence-corrected chi connectivity index (χ3v) is 1.59. The van der Waals surface area contributed by atoms with Crippen molar-refractivity contribution < 1.29 is 14.9 Å². The van der Waals surface area contributed by atoms with Gasteiger partial charge in [0.25, 0.3) is 0 Å². The van der Waals surface area contributed by atoms with Crippen LogP contribution in [0.3, 0.4) is 0 Å². The average molecular weight is 208 g/mol. The number of hydrogen-bond acceptors (Lipinski definition) is 6. The Bertz CT molecular complexity index is 263. The molecule has 0 aliphatic rings. The van der Waals surface area contributed by atoms with E-state index in [0.717, 1.165) is 7.05 Å². The highest BCUT2D eigenvalue weighted by Gasteiger charge is 2.53. The van der Waals surface area contributed by atoms with E-state index in [9.17, 15) is 30.3 Å². The summed E-state index contributed by atoms with van der Waals surface area (Å²) in [6.45, 7) is -0.187. The van der Waals surface area contributed by atoms with E-state index in [4.69, 9.17) is 0 Å². The fourth-order valence-electron chi connectivity index (χ4n) is 0.673. The number of hydrogen-bond donors (Lipinski definition) is 0. The van der Waals surface area contributed by atoms with E-state index >= 15 is 0 Å². The second kappa shape index (κ2) is 3.81. The molecule has 0 aliphatic carbocycles. The quantitative estimate of drug-likeness (QED) is 0.334. The van der Waals surface area contributed by atoms with Crippen molar-refractivity contribution in [2.75, 3.05) is 13.6 Å². The predicted octanol–water partition coefficient (Wildman–Crippen LogP) is -0.620. The summed E-state index contributed by atoms with van der Waals surface area (Å²) in [6.07, 6.45) is 0. The van der Waals surface area contributed by atoms with Crippen LogP contribution in [0.1, 0.15) is 6.92 Å². The van der Waals surface area contributed by atoms with Crippen molar-refractivity contribution >= 4 is 0 Å². The van der Waals surface area contributed by atoms with Gasteiger partial charge in [0.1, 0.15) is 9.85 Å².